The van der Waals surface area contributed by atoms with Crippen molar-refractivity contribution in [1.29, 1.82) is 0 Å². The van der Waals surface area contributed by atoms with E-state index >= 15 is 0 Å². The van der Waals surface area contributed by atoms with E-state index in [1.165, 1.54) is 21.3 Å². The SMILES string of the molecule is CCOC(=O)C1=C(CN2CCN(C)CC2)NC(=O)N[C@H]1c1cc(OC)c(OC)cc1OC. The average Bonchev–Trinajstić information content (AvgIpc) is 2.79. The molecule has 32 heavy (non-hydrogen) atoms. The summed E-state index contributed by atoms with van der Waals surface area (Å²) in [6, 6.07) is 2.20. The van der Waals surface area contributed by atoms with Crippen LogP contribution in [0.4, 0.5) is 4.79 Å². The van der Waals surface area contributed by atoms with Gasteiger partial charge in [0.05, 0.1) is 39.6 Å². The highest BCUT2D eigenvalue weighted by molar-refractivity contribution is 5.95. The number of esters is 1. The first-order valence-electron chi connectivity index (χ1n) is 10.6. The molecule has 0 aliphatic carbocycles. The third kappa shape index (κ3) is 5.08. The van der Waals surface area contributed by atoms with Gasteiger partial charge >= 0.3 is 12.0 Å². The summed E-state index contributed by atoms with van der Waals surface area (Å²) < 4.78 is 21.7. The van der Waals surface area contributed by atoms with Crippen LogP contribution in [0.15, 0.2) is 23.4 Å². The minimum Gasteiger partial charge on any atom is -0.496 e. The van der Waals surface area contributed by atoms with Gasteiger partial charge in [-0.05, 0) is 20.0 Å². The number of urea groups is 1. The summed E-state index contributed by atoms with van der Waals surface area (Å²) >= 11 is 0. The van der Waals surface area contributed by atoms with Crippen LogP contribution >= 0.6 is 0 Å². The van der Waals surface area contributed by atoms with E-state index in [2.05, 4.69) is 27.5 Å². The Balaban J connectivity index is 2.08. The molecule has 1 fully saturated rings. The number of carbonyl (C=O) groups is 2. The zero-order chi connectivity index (χ0) is 23.3. The molecular weight excluding hydrogens is 416 g/mol. The van der Waals surface area contributed by atoms with Crippen LogP contribution in [-0.2, 0) is 9.53 Å². The van der Waals surface area contributed by atoms with Gasteiger partial charge in [0.1, 0.15) is 5.75 Å². The predicted molar refractivity (Wildman–Crippen MR) is 118 cm³/mol. The van der Waals surface area contributed by atoms with Crippen molar-refractivity contribution in [2.75, 3.05) is 67.7 Å². The Bertz CT molecular complexity index is 879. The van der Waals surface area contributed by atoms with Crippen LogP contribution in [0.1, 0.15) is 18.5 Å². The third-order valence-corrected chi connectivity index (χ3v) is 5.67. The van der Waals surface area contributed by atoms with Crippen molar-refractivity contribution >= 4 is 12.0 Å². The zero-order valence-electron chi connectivity index (χ0n) is 19.3. The van der Waals surface area contributed by atoms with Gasteiger partial charge in [-0.15, -0.1) is 0 Å². The summed E-state index contributed by atoms with van der Waals surface area (Å²) in [6.45, 7) is 5.91. The molecule has 176 valence electrons. The number of ether oxygens (including phenoxy) is 4. The van der Waals surface area contributed by atoms with E-state index in [4.69, 9.17) is 18.9 Å². The zero-order valence-corrected chi connectivity index (χ0v) is 19.3. The van der Waals surface area contributed by atoms with Crippen molar-refractivity contribution in [2.24, 2.45) is 0 Å². The molecule has 2 aliphatic heterocycles. The lowest BCUT2D eigenvalue weighted by molar-refractivity contribution is -0.139. The van der Waals surface area contributed by atoms with E-state index in [0.29, 0.717) is 40.6 Å². The van der Waals surface area contributed by atoms with E-state index in [9.17, 15) is 9.59 Å². The first-order chi connectivity index (χ1) is 15.4. The molecule has 1 saturated heterocycles. The van der Waals surface area contributed by atoms with Crippen LogP contribution in [0.3, 0.4) is 0 Å². The van der Waals surface area contributed by atoms with Crippen LogP contribution in [0.2, 0.25) is 0 Å². The third-order valence-electron chi connectivity index (χ3n) is 5.67. The Labute approximate surface area is 188 Å². The van der Waals surface area contributed by atoms with Gasteiger partial charge in [0.25, 0.3) is 0 Å². The van der Waals surface area contributed by atoms with Crippen molar-refractivity contribution in [3.8, 4) is 17.2 Å². The standard InChI is InChI=1S/C22H32N4O6/c1-6-32-21(27)19-15(13-26-9-7-25(2)8-10-26)23-22(28)24-20(19)14-11-17(30-4)18(31-5)12-16(14)29-3/h11-12,20H,6-10,13H2,1-5H3,(H2,23,24,28)/t20-/m0/s1. The number of nitrogens with one attached hydrogen (secondary N) is 2. The second-order valence-electron chi connectivity index (χ2n) is 7.67. The maximum atomic E-state index is 13.1. The number of likely N-dealkylation sites (N-methyl/N-ethyl adjacent to an activating group) is 1. The van der Waals surface area contributed by atoms with Crippen LogP contribution in [0, 0.1) is 0 Å². The number of carbonyl (C=O) groups excluding carboxylic acids is 2. The molecule has 2 aliphatic rings. The molecule has 3 rings (SSSR count). The topological polar surface area (TPSA) is 102 Å². The second-order valence-corrected chi connectivity index (χ2v) is 7.67. The van der Waals surface area contributed by atoms with Crippen molar-refractivity contribution in [3.63, 3.8) is 0 Å². The maximum Gasteiger partial charge on any atom is 0.338 e. The molecule has 0 radical (unpaired) electrons. The quantitative estimate of drug-likeness (QED) is 0.571. The molecule has 2 heterocycles. The Kier molecular flexibility index (Phi) is 7.81. The number of nitrogens with zero attached hydrogens (tertiary/aromatic N) is 2. The Morgan fingerprint density at radius 1 is 1.03 bits per heavy atom. The average molecular weight is 449 g/mol. The molecular formula is C22H32N4O6. The minimum absolute atomic E-state index is 0.216. The van der Waals surface area contributed by atoms with Crippen LogP contribution in [0.25, 0.3) is 0 Å². The molecule has 0 unspecified atom stereocenters. The van der Waals surface area contributed by atoms with Gasteiger partial charge in [-0.25, -0.2) is 9.59 Å². The van der Waals surface area contributed by atoms with E-state index in [-0.39, 0.29) is 6.61 Å². The summed E-state index contributed by atoms with van der Waals surface area (Å²) in [4.78, 5) is 30.2. The lowest BCUT2D eigenvalue weighted by atomic mass is 9.93. The largest absolute Gasteiger partial charge is 0.496 e. The van der Waals surface area contributed by atoms with Crippen LogP contribution in [-0.4, -0.2) is 89.5 Å². The van der Waals surface area contributed by atoms with E-state index in [0.717, 1.165) is 26.2 Å². The lowest BCUT2D eigenvalue weighted by Gasteiger charge is -2.36. The molecule has 0 bridgehead atoms. The molecule has 1 atom stereocenters. The molecule has 0 aromatic heterocycles. The monoisotopic (exact) mass is 448 g/mol. The van der Waals surface area contributed by atoms with Crippen molar-refractivity contribution in [1.82, 2.24) is 20.4 Å². The molecule has 0 spiro atoms. The maximum absolute atomic E-state index is 13.1. The number of piperazine rings is 1. The molecule has 0 saturated carbocycles. The van der Waals surface area contributed by atoms with Crippen LogP contribution in [0.5, 0.6) is 17.2 Å². The Morgan fingerprint density at radius 2 is 1.66 bits per heavy atom. The first-order valence-corrected chi connectivity index (χ1v) is 10.6. The van der Waals surface area contributed by atoms with Gasteiger partial charge in [-0.3, -0.25) is 4.90 Å². The Morgan fingerprint density at radius 3 is 2.25 bits per heavy atom. The van der Waals surface area contributed by atoms with E-state index < -0.39 is 18.0 Å². The molecule has 10 heteroatoms. The summed E-state index contributed by atoms with van der Waals surface area (Å²) in [5.74, 6) is 0.897. The van der Waals surface area contributed by atoms with Gasteiger partial charge < -0.3 is 34.5 Å². The first kappa shape index (κ1) is 23.7. The molecule has 2 amide bonds. The van der Waals surface area contributed by atoms with Gasteiger partial charge in [0, 0.05) is 50.1 Å². The summed E-state index contributed by atoms with van der Waals surface area (Å²) in [5.41, 5.74) is 1.44. The predicted octanol–water partition coefficient (Wildman–Crippen LogP) is 1.13. The smallest absolute Gasteiger partial charge is 0.338 e. The van der Waals surface area contributed by atoms with Gasteiger partial charge in [0.2, 0.25) is 0 Å². The van der Waals surface area contributed by atoms with Gasteiger partial charge in [-0.2, -0.15) is 0 Å². The molecule has 10 nitrogen and oxygen atoms in total. The second kappa shape index (κ2) is 10.6. The molecule has 2 N–H and O–H groups in total. The normalized spacial score (nSPS) is 19.8. The number of hydrogen-bond donors (Lipinski definition) is 2. The number of amides is 2. The van der Waals surface area contributed by atoms with E-state index in [1.807, 2.05) is 0 Å². The fourth-order valence-electron chi connectivity index (χ4n) is 3.93. The van der Waals surface area contributed by atoms with Gasteiger partial charge in [0.15, 0.2) is 11.5 Å². The molecule has 1 aromatic rings. The van der Waals surface area contributed by atoms with Crippen molar-refractivity contribution in [3.05, 3.63) is 29.0 Å². The lowest BCUT2D eigenvalue weighted by Crippen LogP contribution is -2.51. The molecule has 1 aromatic carbocycles. The number of rotatable bonds is 8. The highest BCUT2D eigenvalue weighted by Gasteiger charge is 2.36. The minimum atomic E-state index is -0.778. The highest BCUT2D eigenvalue weighted by atomic mass is 16.5. The Hall–Kier alpha value is -2.98. The highest BCUT2D eigenvalue weighted by Crippen LogP contribution is 2.41. The summed E-state index contributed by atoms with van der Waals surface area (Å²) in [6.07, 6.45) is 0. The van der Waals surface area contributed by atoms with Crippen molar-refractivity contribution in [2.45, 2.75) is 13.0 Å². The number of methoxy groups -OCH3 is 3. The number of benzene rings is 1. The summed E-state index contributed by atoms with van der Waals surface area (Å²) in [5, 5.41) is 5.68. The van der Waals surface area contributed by atoms with Crippen LogP contribution < -0.4 is 24.8 Å². The fourth-order valence-corrected chi connectivity index (χ4v) is 3.93. The number of hydrogen-bond acceptors (Lipinski definition) is 8. The van der Waals surface area contributed by atoms with Gasteiger partial charge in [-0.1, -0.05) is 0 Å². The van der Waals surface area contributed by atoms with Crippen molar-refractivity contribution < 1.29 is 28.5 Å². The summed E-state index contributed by atoms with van der Waals surface area (Å²) in [7, 11) is 6.65. The fraction of sp³-hybridized carbons (Fsp3) is 0.545. The van der Waals surface area contributed by atoms with E-state index in [1.54, 1.807) is 19.1 Å².